The number of benzene rings is 1. The third-order valence-corrected chi connectivity index (χ3v) is 6.50. The van der Waals surface area contributed by atoms with Crippen LogP contribution in [-0.2, 0) is 0 Å². The number of halogens is 1. The smallest absolute Gasteiger partial charge is 0.207 e. The standard InChI is InChI=1S/C19H23FN4S2/c1-3-18(21-15(2)20)24-12-10-23(11-13-24)9-6-14-25-19-22-16-7-4-5-8-17(16)26-19/h3-5,7-8H,1-2,6,9-14H2/b21-18+. The van der Waals surface area contributed by atoms with E-state index in [1.807, 2.05) is 17.8 Å². The van der Waals surface area contributed by atoms with E-state index in [-0.39, 0.29) is 0 Å². The summed E-state index contributed by atoms with van der Waals surface area (Å²) >= 11 is 3.60. The summed E-state index contributed by atoms with van der Waals surface area (Å²) in [5.41, 5.74) is 1.09. The molecule has 7 heteroatoms. The summed E-state index contributed by atoms with van der Waals surface area (Å²) in [6.07, 6.45) is 2.72. The highest BCUT2D eigenvalue weighted by atomic mass is 32.2. The summed E-state index contributed by atoms with van der Waals surface area (Å²) < 4.78 is 15.3. The Morgan fingerprint density at radius 2 is 2.08 bits per heavy atom. The van der Waals surface area contributed by atoms with E-state index in [4.69, 9.17) is 0 Å². The molecular formula is C19H23FN4S2. The van der Waals surface area contributed by atoms with Crippen LogP contribution in [0.15, 0.2) is 58.8 Å². The van der Waals surface area contributed by atoms with Gasteiger partial charge < -0.3 is 4.90 Å². The van der Waals surface area contributed by atoms with Crippen molar-refractivity contribution >= 4 is 39.2 Å². The van der Waals surface area contributed by atoms with Crippen molar-refractivity contribution in [2.45, 2.75) is 10.8 Å². The summed E-state index contributed by atoms with van der Waals surface area (Å²) in [5.74, 6) is 0.971. The summed E-state index contributed by atoms with van der Waals surface area (Å²) in [6.45, 7) is 11.6. The largest absolute Gasteiger partial charge is 0.354 e. The van der Waals surface area contributed by atoms with Gasteiger partial charge in [-0.2, -0.15) is 4.39 Å². The highest BCUT2D eigenvalue weighted by Gasteiger charge is 2.18. The van der Waals surface area contributed by atoms with Crippen LogP contribution in [-0.4, -0.2) is 59.1 Å². The first kappa shape index (κ1) is 19.1. The number of rotatable bonds is 7. The predicted molar refractivity (Wildman–Crippen MR) is 111 cm³/mol. The molecule has 0 N–H and O–H groups in total. The average Bonchev–Trinajstić information content (AvgIpc) is 3.06. The molecule has 1 aromatic heterocycles. The lowest BCUT2D eigenvalue weighted by atomic mass is 10.3. The SMILES string of the molecule is C=C/C(=N\C(=C)F)N1CCN(CCCSc2nc3ccccc3s2)CC1. The van der Waals surface area contributed by atoms with Crippen molar-refractivity contribution in [3.63, 3.8) is 0 Å². The van der Waals surface area contributed by atoms with E-state index in [0.717, 1.165) is 54.8 Å². The van der Waals surface area contributed by atoms with E-state index in [1.54, 1.807) is 17.4 Å². The van der Waals surface area contributed by atoms with Crippen LogP contribution in [0, 0.1) is 0 Å². The number of fused-ring (bicyclic) bond motifs is 1. The molecule has 2 heterocycles. The number of thioether (sulfide) groups is 1. The van der Waals surface area contributed by atoms with E-state index in [1.165, 1.54) is 4.70 Å². The van der Waals surface area contributed by atoms with E-state index in [9.17, 15) is 4.39 Å². The molecule has 2 aromatic rings. The molecule has 4 nitrogen and oxygen atoms in total. The third kappa shape index (κ3) is 5.16. The van der Waals surface area contributed by atoms with Gasteiger partial charge in [-0.15, -0.1) is 11.3 Å². The fourth-order valence-corrected chi connectivity index (χ4v) is 4.99. The van der Waals surface area contributed by atoms with Crippen LogP contribution < -0.4 is 0 Å². The molecule has 1 aromatic carbocycles. The maximum absolute atomic E-state index is 12.9. The van der Waals surface area contributed by atoms with Crippen molar-refractivity contribution in [1.29, 1.82) is 0 Å². The topological polar surface area (TPSA) is 31.7 Å². The van der Waals surface area contributed by atoms with Crippen molar-refractivity contribution in [2.24, 2.45) is 4.99 Å². The third-order valence-electron chi connectivity index (χ3n) is 4.23. The van der Waals surface area contributed by atoms with Gasteiger partial charge in [-0.05, 0) is 37.8 Å². The fourth-order valence-electron chi connectivity index (χ4n) is 2.93. The summed E-state index contributed by atoms with van der Waals surface area (Å²) in [6, 6.07) is 8.27. The van der Waals surface area contributed by atoms with Gasteiger partial charge in [0.05, 0.1) is 10.2 Å². The molecule has 0 radical (unpaired) electrons. The Morgan fingerprint density at radius 1 is 1.31 bits per heavy atom. The van der Waals surface area contributed by atoms with Crippen molar-refractivity contribution < 1.29 is 4.39 Å². The number of amidine groups is 1. The minimum absolute atomic E-state index is 0.573. The van der Waals surface area contributed by atoms with Crippen LogP contribution in [0.4, 0.5) is 4.39 Å². The van der Waals surface area contributed by atoms with Gasteiger partial charge in [-0.25, -0.2) is 9.98 Å². The molecule has 0 atom stereocenters. The number of thiazole rings is 1. The highest BCUT2D eigenvalue weighted by molar-refractivity contribution is 8.01. The Bertz CT molecular complexity index is 761. The molecular weight excluding hydrogens is 367 g/mol. The fraction of sp³-hybridized carbons (Fsp3) is 0.368. The maximum atomic E-state index is 12.9. The van der Waals surface area contributed by atoms with Gasteiger partial charge >= 0.3 is 0 Å². The Kier molecular flexibility index (Phi) is 6.82. The molecule has 138 valence electrons. The quantitative estimate of drug-likeness (QED) is 0.230. The lowest BCUT2D eigenvalue weighted by molar-refractivity contribution is 0.183. The van der Waals surface area contributed by atoms with Crippen LogP contribution in [0.1, 0.15) is 6.42 Å². The Balaban J connectivity index is 1.38. The van der Waals surface area contributed by atoms with Crippen molar-refractivity contribution in [3.8, 4) is 0 Å². The normalized spacial score (nSPS) is 16.2. The van der Waals surface area contributed by atoms with Crippen molar-refractivity contribution in [1.82, 2.24) is 14.8 Å². The molecule has 1 aliphatic heterocycles. The molecule has 1 aliphatic rings. The Labute approximate surface area is 162 Å². The number of nitrogens with zero attached hydrogens (tertiary/aromatic N) is 4. The predicted octanol–water partition coefficient (Wildman–Crippen LogP) is 4.42. The van der Waals surface area contributed by atoms with E-state index >= 15 is 0 Å². The van der Waals surface area contributed by atoms with Crippen LogP contribution in [0.5, 0.6) is 0 Å². The molecule has 0 amide bonds. The molecule has 0 aliphatic carbocycles. The van der Waals surface area contributed by atoms with Crippen molar-refractivity contribution in [3.05, 3.63) is 49.5 Å². The molecule has 26 heavy (non-hydrogen) atoms. The van der Waals surface area contributed by atoms with Crippen molar-refractivity contribution in [2.75, 3.05) is 38.5 Å². The molecule has 1 fully saturated rings. The number of para-hydroxylation sites is 1. The van der Waals surface area contributed by atoms with Gasteiger partial charge in [0.1, 0.15) is 5.84 Å². The number of aromatic nitrogens is 1. The van der Waals surface area contributed by atoms with Gasteiger partial charge in [0.25, 0.3) is 0 Å². The van der Waals surface area contributed by atoms with Crippen LogP contribution in [0.25, 0.3) is 10.2 Å². The number of hydrogen-bond acceptors (Lipinski definition) is 5. The molecule has 0 bridgehead atoms. The monoisotopic (exact) mass is 390 g/mol. The number of piperazine rings is 1. The first-order valence-electron chi connectivity index (χ1n) is 8.67. The second-order valence-electron chi connectivity index (χ2n) is 6.03. The van der Waals surface area contributed by atoms with E-state index in [0.29, 0.717) is 5.84 Å². The minimum Gasteiger partial charge on any atom is -0.354 e. The van der Waals surface area contributed by atoms with Gasteiger partial charge in [0, 0.05) is 31.9 Å². The van der Waals surface area contributed by atoms with Crippen LogP contribution >= 0.6 is 23.1 Å². The molecule has 0 spiro atoms. The minimum atomic E-state index is -0.672. The summed E-state index contributed by atoms with van der Waals surface area (Å²) in [5, 5.41) is 0. The molecule has 0 saturated carbocycles. The zero-order valence-electron chi connectivity index (χ0n) is 14.7. The van der Waals surface area contributed by atoms with Gasteiger partial charge in [-0.3, -0.25) is 4.90 Å². The number of hydrogen-bond donors (Lipinski definition) is 0. The van der Waals surface area contributed by atoms with Crippen LogP contribution in [0.3, 0.4) is 0 Å². The zero-order chi connectivity index (χ0) is 18.4. The Morgan fingerprint density at radius 3 is 2.77 bits per heavy atom. The second kappa shape index (κ2) is 9.30. The summed E-state index contributed by atoms with van der Waals surface area (Å²) in [4.78, 5) is 13.0. The van der Waals surface area contributed by atoms with E-state index < -0.39 is 5.95 Å². The first-order valence-corrected chi connectivity index (χ1v) is 10.5. The molecule has 1 saturated heterocycles. The van der Waals surface area contributed by atoms with Crippen LogP contribution in [0.2, 0.25) is 0 Å². The van der Waals surface area contributed by atoms with Gasteiger partial charge in [0.15, 0.2) is 4.34 Å². The summed E-state index contributed by atoms with van der Waals surface area (Å²) in [7, 11) is 0. The number of aliphatic imine (C=N–C) groups is 1. The molecule has 0 unspecified atom stereocenters. The zero-order valence-corrected chi connectivity index (χ0v) is 16.4. The lowest BCUT2D eigenvalue weighted by Crippen LogP contribution is -2.48. The van der Waals surface area contributed by atoms with E-state index in [2.05, 4.69) is 51.1 Å². The highest BCUT2D eigenvalue weighted by Crippen LogP contribution is 2.29. The van der Waals surface area contributed by atoms with Gasteiger partial charge in [-0.1, -0.05) is 30.5 Å². The lowest BCUT2D eigenvalue weighted by Gasteiger charge is -2.35. The average molecular weight is 391 g/mol. The Hall–Kier alpha value is -1.70. The first-order chi connectivity index (χ1) is 12.7. The van der Waals surface area contributed by atoms with Gasteiger partial charge in [0.2, 0.25) is 5.95 Å². The maximum Gasteiger partial charge on any atom is 0.207 e. The second-order valence-corrected chi connectivity index (χ2v) is 8.40. The molecule has 3 rings (SSSR count).